The van der Waals surface area contributed by atoms with Gasteiger partial charge in [-0.3, -0.25) is 9.52 Å². The predicted molar refractivity (Wildman–Crippen MR) is 101 cm³/mol. The first-order chi connectivity index (χ1) is 12.3. The van der Waals surface area contributed by atoms with Crippen LogP contribution in [0.2, 0.25) is 0 Å². The maximum Gasteiger partial charge on any atom is 0.265 e. The first-order valence-electron chi connectivity index (χ1n) is 8.40. The Bertz CT molecular complexity index is 954. The predicted octanol–water partition coefficient (Wildman–Crippen LogP) is 3.10. The van der Waals surface area contributed by atoms with Crippen molar-refractivity contribution in [3.63, 3.8) is 0 Å². The Hall–Kier alpha value is -2.54. The minimum atomic E-state index is -3.82. The molecule has 0 fully saturated rings. The summed E-state index contributed by atoms with van der Waals surface area (Å²) >= 11 is 0. The third kappa shape index (κ3) is 3.53. The number of rotatable bonds is 4. The normalized spacial score (nSPS) is 13.9. The maximum absolute atomic E-state index is 12.8. The van der Waals surface area contributed by atoms with Crippen molar-refractivity contribution in [2.75, 3.05) is 23.3 Å². The second-order valence-corrected chi connectivity index (χ2v) is 8.03. The molecule has 0 unspecified atom stereocenters. The number of methoxy groups -OCH3 is 1. The smallest absolute Gasteiger partial charge is 0.265 e. The van der Waals surface area contributed by atoms with E-state index in [0.29, 0.717) is 12.2 Å². The van der Waals surface area contributed by atoms with E-state index in [9.17, 15) is 13.2 Å². The number of aryl methyl sites for hydroxylation is 2. The molecule has 0 atom stereocenters. The van der Waals surface area contributed by atoms with Crippen molar-refractivity contribution in [2.45, 2.75) is 31.6 Å². The highest BCUT2D eigenvalue weighted by Crippen LogP contribution is 2.32. The first kappa shape index (κ1) is 18.3. The SMILES string of the molecule is COc1ccc(C)cc1S(=O)(=O)Nc1ccc2c(c1)N(C(C)=O)CCC2. The zero-order valence-corrected chi connectivity index (χ0v) is 15.9. The molecule has 1 amide bonds. The van der Waals surface area contributed by atoms with Crippen LogP contribution in [0.25, 0.3) is 0 Å². The Morgan fingerprint density at radius 3 is 2.65 bits per heavy atom. The van der Waals surface area contributed by atoms with Gasteiger partial charge in [-0.2, -0.15) is 0 Å². The minimum absolute atomic E-state index is 0.0497. The molecule has 0 aliphatic carbocycles. The van der Waals surface area contributed by atoms with E-state index in [1.807, 2.05) is 13.0 Å². The molecule has 138 valence electrons. The summed E-state index contributed by atoms with van der Waals surface area (Å²) in [5.41, 5.74) is 3.04. The highest BCUT2D eigenvalue weighted by atomic mass is 32.2. The second kappa shape index (κ2) is 6.99. The van der Waals surface area contributed by atoms with Crippen LogP contribution in [-0.4, -0.2) is 28.0 Å². The molecule has 1 heterocycles. The van der Waals surface area contributed by atoms with E-state index in [1.54, 1.807) is 35.2 Å². The van der Waals surface area contributed by atoms with Gasteiger partial charge in [0, 0.05) is 19.2 Å². The van der Waals surface area contributed by atoms with Crippen molar-refractivity contribution in [3.8, 4) is 5.75 Å². The second-order valence-electron chi connectivity index (χ2n) is 6.38. The molecule has 3 rings (SSSR count). The van der Waals surface area contributed by atoms with Crippen molar-refractivity contribution in [2.24, 2.45) is 0 Å². The van der Waals surface area contributed by atoms with Crippen molar-refractivity contribution < 1.29 is 17.9 Å². The van der Waals surface area contributed by atoms with E-state index in [-0.39, 0.29) is 16.6 Å². The summed E-state index contributed by atoms with van der Waals surface area (Å²) in [5.74, 6) is 0.234. The lowest BCUT2D eigenvalue weighted by molar-refractivity contribution is -0.116. The van der Waals surface area contributed by atoms with E-state index in [4.69, 9.17) is 4.74 Å². The van der Waals surface area contributed by atoms with E-state index >= 15 is 0 Å². The number of carbonyl (C=O) groups is 1. The summed E-state index contributed by atoms with van der Waals surface area (Å²) in [5, 5.41) is 0. The number of nitrogens with zero attached hydrogens (tertiary/aromatic N) is 1. The van der Waals surface area contributed by atoms with Gasteiger partial charge in [-0.05, 0) is 55.2 Å². The average Bonchev–Trinajstić information content (AvgIpc) is 2.60. The molecule has 0 radical (unpaired) electrons. The number of ether oxygens (including phenoxy) is 1. The summed E-state index contributed by atoms with van der Waals surface area (Å²) in [6, 6.07) is 10.3. The van der Waals surface area contributed by atoms with E-state index in [0.717, 1.165) is 29.7 Å². The van der Waals surface area contributed by atoms with E-state index < -0.39 is 10.0 Å². The number of anilines is 2. The fourth-order valence-electron chi connectivity index (χ4n) is 3.17. The van der Waals surface area contributed by atoms with Gasteiger partial charge in [0.25, 0.3) is 10.0 Å². The molecule has 0 spiro atoms. The number of carbonyl (C=O) groups excluding carboxylic acids is 1. The van der Waals surface area contributed by atoms with Crippen molar-refractivity contribution in [3.05, 3.63) is 47.5 Å². The van der Waals surface area contributed by atoms with Crippen LogP contribution < -0.4 is 14.4 Å². The topological polar surface area (TPSA) is 75.7 Å². The molecule has 2 aromatic carbocycles. The average molecular weight is 374 g/mol. The number of nitrogens with one attached hydrogen (secondary N) is 1. The lowest BCUT2D eigenvalue weighted by Crippen LogP contribution is -2.33. The van der Waals surface area contributed by atoms with Gasteiger partial charge in [0.2, 0.25) is 5.91 Å². The van der Waals surface area contributed by atoms with Crippen molar-refractivity contribution in [1.29, 1.82) is 0 Å². The van der Waals surface area contributed by atoms with Crippen LogP contribution in [0, 0.1) is 6.92 Å². The van der Waals surface area contributed by atoms with Gasteiger partial charge in [0.05, 0.1) is 12.8 Å². The summed E-state index contributed by atoms with van der Waals surface area (Å²) in [6.07, 6.45) is 1.77. The largest absolute Gasteiger partial charge is 0.495 e. The van der Waals surface area contributed by atoms with E-state index in [2.05, 4.69) is 4.72 Å². The number of fused-ring (bicyclic) bond motifs is 1. The van der Waals surface area contributed by atoms with Crippen LogP contribution >= 0.6 is 0 Å². The third-order valence-electron chi connectivity index (χ3n) is 4.44. The fraction of sp³-hybridized carbons (Fsp3) is 0.316. The van der Waals surface area contributed by atoms with Gasteiger partial charge >= 0.3 is 0 Å². The quantitative estimate of drug-likeness (QED) is 0.892. The Balaban J connectivity index is 1.98. The number of benzene rings is 2. The molecule has 1 aliphatic rings. The Labute approximate surface area is 153 Å². The Morgan fingerprint density at radius 2 is 1.96 bits per heavy atom. The molecule has 0 aromatic heterocycles. The summed E-state index contributed by atoms with van der Waals surface area (Å²) < 4.78 is 33.5. The van der Waals surface area contributed by atoms with Gasteiger partial charge in [-0.1, -0.05) is 12.1 Å². The molecule has 2 aromatic rings. The standard InChI is InChI=1S/C19H22N2O4S/c1-13-6-9-18(25-3)19(11-13)26(23,24)20-16-8-7-15-5-4-10-21(14(2)22)17(15)12-16/h6-9,11-12,20H,4-5,10H2,1-3H3. The van der Waals surface area contributed by atoms with Gasteiger partial charge in [-0.15, -0.1) is 0 Å². The van der Waals surface area contributed by atoms with Crippen LogP contribution in [0.5, 0.6) is 5.75 Å². The summed E-state index contributed by atoms with van der Waals surface area (Å²) in [4.78, 5) is 13.6. The minimum Gasteiger partial charge on any atom is -0.495 e. The number of sulfonamides is 1. The van der Waals surface area contributed by atoms with E-state index in [1.165, 1.54) is 14.0 Å². The van der Waals surface area contributed by atoms with Crippen molar-refractivity contribution in [1.82, 2.24) is 0 Å². The molecule has 1 N–H and O–H groups in total. The molecule has 26 heavy (non-hydrogen) atoms. The third-order valence-corrected chi connectivity index (χ3v) is 5.85. The van der Waals surface area contributed by atoms with Gasteiger partial charge in [0.1, 0.15) is 10.6 Å². The number of hydrogen-bond donors (Lipinski definition) is 1. The maximum atomic E-state index is 12.8. The zero-order valence-electron chi connectivity index (χ0n) is 15.1. The molecule has 0 saturated carbocycles. The molecular weight excluding hydrogens is 352 g/mol. The Kier molecular flexibility index (Phi) is 4.91. The molecule has 1 aliphatic heterocycles. The molecule has 0 saturated heterocycles. The monoisotopic (exact) mass is 374 g/mol. The van der Waals surface area contributed by atoms with Gasteiger partial charge in [-0.25, -0.2) is 8.42 Å². The highest BCUT2D eigenvalue weighted by molar-refractivity contribution is 7.92. The molecular formula is C19H22N2O4S. The van der Waals surface area contributed by atoms with Crippen LogP contribution in [0.1, 0.15) is 24.5 Å². The highest BCUT2D eigenvalue weighted by Gasteiger charge is 2.23. The molecule has 7 heteroatoms. The van der Waals surface area contributed by atoms with Crippen LogP contribution in [0.15, 0.2) is 41.3 Å². The Morgan fingerprint density at radius 1 is 1.19 bits per heavy atom. The zero-order chi connectivity index (χ0) is 18.9. The fourth-order valence-corrected chi connectivity index (χ4v) is 4.47. The molecule has 0 bridgehead atoms. The first-order valence-corrected chi connectivity index (χ1v) is 9.88. The van der Waals surface area contributed by atoms with Gasteiger partial charge < -0.3 is 9.64 Å². The molecule has 6 nitrogen and oxygen atoms in total. The van der Waals surface area contributed by atoms with Crippen LogP contribution in [-0.2, 0) is 21.2 Å². The number of hydrogen-bond acceptors (Lipinski definition) is 4. The lowest BCUT2D eigenvalue weighted by Gasteiger charge is -2.29. The van der Waals surface area contributed by atoms with Crippen molar-refractivity contribution >= 4 is 27.3 Å². The van der Waals surface area contributed by atoms with Gasteiger partial charge in [0.15, 0.2) is 0 Å². The number of amides is 1. The van der Waals surface area contributed by atoms with Crippen LogP contribution in [0.4, 0.5) is 11.4 Å². The lowest BCUT2D eigenvalue weighted by atomic mass is 10.0. The van der Waals surface area contributed by atoms with Crippen LogP contribution in [0.3, 0.4) is 0 Å². The summed E-state index contributed by atoms with van der Waals surface area (Å²) in [7, 11) is -2.38. The summed E-state index contributed by atoms with van der Waals surface area (Å²) in [6.45, 7) is 3.98.